The molecule has 1 aliphatic heterocycles. The van der Waals surface area contributed by atoms with Crippen LogP contribution in [0.4, 0.5) is 0 Å². The van der Waals surface area contributed by atoms with Crippen molar-refractivity contribution in [3.05, 3.63) is 65.1 Å². The van der Waals surface area contributed by atoms with E-state index in [9.17, 15) is 16.8 Å². The highest BCUT2D eigenvalue weighted by Gasteiger charge is 2.32. The molecule has 3 rings (SSSR count). The molecule has 0 unspecified atom stereocenters. The zero-order valence-corrected chi connectivity index (χ0v) is 18.7. The van der Waals surface area contributed by atoms with E-state index in [-0.39, 0.29) is 31.1 Å². The first-order chi connectivity index (χ1) is 14.2. The number of ether oxygens (including phenoxy) is 1. The molecule has 0 atom stereocenters. The molecule has 0 bridgehead atoms. The van der Waals surface area contributed by atoms with Crippen molar-refractivity contribution in [2.75, 3.05) is 32.8 Å². The number of sulfonamides is 2. The predicted molar refractivity (Wildman–Crippen MR) is 117 cm³/mol. The van der Waals surface area contributed by atoms with E-state index in [0.717, 1.165) is 11.1 Å². The van der Waals surface area contributed by atoms with E-state index in [1.54, 1.807) is 18.2 Å². The van der Waals surface area contributed by atoms with Crippen LogP contribution < -0.4 is 4.74 Å². The van der Waals surface area contributed by atoms with Gasteiger partial charge in [-0.1, -0.05) is 29.8 Å². The lowest BCUT2D eigenvalue weighted by Crippen LogP contribution is -2.49. The van der Waals surface area contributed by atoms with Crippen LogP contribution in [0.15, 0.2) is 58.8 Å². The predicted octanol–water partition coefficient (Wildman–Crippen LogP) is 2.70. The van der Waals surface area contributed by atoms with Crippen LogP contribution in [0.25, 0.3) is 6.08 Å². The van der Waals surface area contributed by atoms with E-state index in [1.807, 2.05) is 38.1 Å². The number of benzene rings is 2. The van der Waals surface area contributed by atoms with Gasteiger partial charge in [-0.15, -0.1) is 0 Å². The van der Waals surface area contributed by atoms with Crippen LogP contribution in [0.5, 0.6) is 5.75 Å². The second kappa shape index (κ2) is 9.30. The first-order valence-electron chi connectivity index (χ1n) is 9.70. The summed E-state index contributed by atoms with van der Waals surface area (Å²) in [5.41, 5.74) is 1.89. The standard InChI is InChI=1S/C21H26N2O5S2/c1-3-28-20-8-10-21(11-9-20)30(26,27)23-15-13-22(14-16-23)29(24,25)17-12-19-6-4-18(2)5-7-19/h4-12,17H,3,13-16H2,1-2H3. The average molecular weight is 451 g/mol. The number of hydrogen-bond acceptors (Lipinski definition) is 5. The summed E-state index contributed by atoms with van der Waals surface area (Å²) in [5.74, 6) is 0.604. The van der Waals surface area contributed by atoms with Crippen LogP contribution in [0.2, 0.25) is 0 Å². The normalized spacial score (nSPS) is 16.7. The third-order valence-corrected chi connectivity index (χ3v) is 8.32. The average Bonchev–Trinajstić information content (AvgIpc) is 2.74. The van der Waals surface area contributed by atoms with E-state index < -0.39 is 20.0 Å². The molecule has 7 nitrogen and oxygen atoms in total. The van der Waals surface area contributed by atoms with Gasteiger partial charge in [0.25, 0.3) is 0 Å². The van der Waals surface area contributed by atoms with Crippen LogP contribution in [-0.2, 0) is 20.0 Å². The maximum absolute atomic E-state index is 12.9. The third-order valence-electron chi connectivity index (χ3n) is 4.84. The van der Waals surface area contributed by atoms with Crippen molar-refractivity contribution in [1.29, 1.82) is 0 Å². The lowest BCUT2D eigenvalue weighted by molar-refractivity contribution is 0.275. The lowest BCUT2D eigenvalue weighted by atomic mass is 10.2. The van der Waals surface area contributed by atoms with Gasteiger partial charge in [0, 0.05) is 31.6 Å². The van der Waals surface area contributed by atoms with Gasteiger partial charge in [-0.25, -0.2) is 16.8 Å². The first-order valence-corrected chi connectivity index (χ1v) is 12.6. The van der Waals surface area contributed by atoms with Crippen molar-refractivity contribution < 1.29 is 21.6 Å². The smallest absolute Gasteiger partial charge is 0.243 e. The van der Waals surface area contributed by atoms with Gasteiger partial charge >= 0.3 is 0 Å². The van der Waals surface area contributed by atoms with Crippen molar-refractivity contribution in [2.45, 2.75) is 18.7 Å². The fraction of sp³-hybridized carbons (Fsp3) is 0.333. The molecular formula is C21H26N2O5S2. The summed E-state index contributed by atoms with van der Waals surface area (Å²) in [6.45, 7) is 4.74. The van der Waals surface area contributed by atoms with E-state index in [2.05, 4.69) is 0 Å². The topological polar surface area (TPSA) is 84.0 Å². The highest BCUT2D eigenvalue weighted by Crippen LogP contribution is 2.22. The van der Waals surface area contributed by atoms with Gasteiger partial charge in [-0.2, -0.15) is 8.61 Å². The van der Waals surface area contributed by atoms with Crippen LogP contribution in [0.1, 0.15) is 18.1 Å². The molecule has 9 heteroatoms. The van der Waals surface area contributed by atoms with Gasteiger partial charge in [-0.3, -0.25) is 0 Å². The lowest BCUT2D eigenvalue weighted by Gasteiger charge is -2.32. The minimum Gasteiger partial charge on any atom is -0.494 e. The van der Waals surface area contributed by atoms with Crippen LogP contribution >= 0.6 is 0 Å². The summed E-state index contributed by atoms with van der Waals surface area (Å²) in [4.78, 5) is 0.168. The number of nitrogens with zero attached hydrogens (tertiary/aromatic N) is 2. The van der Waals surface area contributed by atoms with Gasteiger partial charge in [0.05, 0.1) is 11.5 Å². The van der Waals surface area contributed by atoms with Crippen molar-refractivity contribution in [2.24, 2.45) is 0 Å². The van der Waals surface area contributed by atoms with Gasteiger partial charge < -0.3 is 4.74 Å². The Morgan fingerprint density at radius 3 is 2.00 bits per heavy atom. The molecule has 0 amide bonds. The van der Waals surface area contributed by atoms with Crippen molar-refractivity contribution in [3.8, 4) is 5.75 Å². The molecule has 0 saturated carbocycles. The summed E-state index contributed by atoms with van der Waals surface area (Å²) in [5, 5.41) is 1.17. The van der Waals surface area contributed by atoms with Crippen molar-refractivity contribution in [1.82, 2.24) is 8.61 Å². The minimum absolute atomic E-state index is 0.104. The Labute approximate surface area is 178 Å². The van der Waals surface area contributed by atoms with E-state index in [0.29, 0.717) is 12.4 Å². The highest BCUT2D eigenvalue weighted by molar-refractivity contribution is 7.92. The summed E-state index contributed by atoms with van der Waals surface area (Å²) < 4.78 is 58.9. The second-order valence-corrected chi connectivity index (χ2v) is 10.7. The van der Waals surface area contributed by atoms with E-state index >= 15 is 0 Å². The minimum atomic E-state index is -3.68. The molecule has 1 aliphatic rings. The molecule has 0 aromatic heterocycles. The van der Waals surface area contributed by atoms with Crippen molar-refractivity contribution >= 4 is 26.1 Å². The molecule has 30 heavy (non-hydrogen) atoms. The molecule has 0 N–H and O–H groups in total. The second-order valence-electron chi connectivity index (χ2n) is 6.97. The third kappa shape index (κ3) is 5.28. The van der Waals surface area contributed by atoms with Crippen molar-refractivity contribution in [3.63, 3.8) is 0 Å². The monoisotopic (exact) mass is 450 g/mol. The summed E-state index contributed by atoms with van der Waals surface area (Å²) in [7, 11) is -7.31. The van der Waals surface area contributed by atoms with E-state index in [4.69, 9.17) is 4.74 Å². The fourth-order valence-corrected chi connectivity index (χ4v) is 5.71. The number of hydrogen-bond donors (Lipinski definition) is 0. The van der Waals surface area contributed by atoms with Crippen LogP contribution in [-0.4, -0.2) is 58.2 Å². The zero-order chi connectivity index (χ0) is 21.8. The first kappa shape index (κ1) is 22.5. The van der Waals surface area contributed by atoms with Crippen LogP contribution in [0.3, 0.4) is 0 Å². The summed E-state index contributed by atoms with van der Waals surface area (Å²) >= 11 is 0. The fourth-order valence-electron chi connectivity index (χ4n) is 3.12. The Bertz CT molecular complexity index is 1090. The quantitative estimate of drug-likeness (QED) is 0.648. The number of aryl methyl sites for hydroxylation is 1. The summed E-state index contributed by atoms with van der Waals surface area (Å²) in [6, 6.07) is 13.8. The molecule has 2 aromatic rings. The number of piperazine rings is 1. The summed E-state index contributed by atoms with van der Waals surface area (Å²) in [6.07, 6.45) is 1.55. The maximum Gasteiger partial charge on any atom is 0.243 e. The molecule has 0 radical (unpaired) electrons. The van der Waals surface area contributed by atoms with Gasteiger partial charge in [0.15, 0.2) is 0 Å². The molecule has 1 fully saturated rings. The molecular weight excluding hydrogens is 424 g/mol. The van der Waals surface area contributed by atoms with Gasteiger partial charge in [-0.05, 0) is 49.8 Å². The van der Waals surface area contributed by atoms with Gasteiger partial charge in [0.2, 0.25) is 20.0 Å². The molecule has 1 heterocycles. The van der Waals surface area contributed by atoms with Gasteiger partial charge in [0.1, 0.15) is 5.75 Å². The van der Waals surface area contributed by atoms with Crippen LogP contribution in [0, 0.1) is 6.92 Å². The Morgan fingerprint density at radius 2 is 1.43 bits per heavy atom. The molecule has 0 aliphatic carbocycles. The molecule has 0 spiro atoms. The Kier molecular flexibility index (Phi) is 6.97. The van der Waals surface area contributed by atoms with E-state index in [1.165, 1.54) is 26.2 Å². The highest BCUT2D eigenvalue weighted by atomic mass is 32.2. The molecule has 1 saturated heterocycles. The molecule has 162 valence electrons. The Hall–Kier alpha value is -2.20. The SMILES string of the molecule is CCOc1ccc(S(=O)(=O)N2CCN(S(=O)(=O)C=Cc3ccc(C)cc3)CC2)cc1. The number of rotatable bonds is 7. The zero-order valence-electron chi connectivity index (χ0n) is 17.1. The largest absolute Gasteiger partial charge is 0.494 e. The Balaban J connectivity index is 1.65. The Morgan fingerprint density at radius 1 is 0.867 bits per heavy atom. The maximum atomic E-state index is 12.9. The molecule has 2 aromatic carbocycles.